The summed E-state index contributed by atoms with van der Waals surface area (Å²) in [6.07, 6.45) is 1.37. The van der Waals surface area contributed by atoms with Gasteiger partial charge < -0.3 is 21.2 Å². The monoisotopic (exact) mass is 290 g/mol. The number of oxime groups is 1. The van der Waals surface area contributed by atoms with Gasteiger partial charge in [-0.15, -0.1) is 0 Å². The Kier molecular flexibility index (Phi) is 4.35. The molecule has 1 heterocycles. The minimum absolute atomic E-state index is 0.111. The minimum atomic E-state index is -0.338. The van der Waals surface area contributed by atoms with E-state index < -0.39 is 0 Å². The molecule has 2 rings (SSSR count). The van der Waals surface area contributed by atoms with Crippen molar-refractivity contribution in [2.45, 2.75) is 26.7 Å². The number of carbonyl (C=O) groups excluding carboxylic acids is 1. The number of rotatable bonds is 2. The van der Waals surface area contributed by atoms with E-state index in [0.29, 0.717) is 25.9 Å². The number of benzene rings is 1. The zero-order valence-corrected chi connectivity index (χ0v) is 12.5. The number of anilines is 1. The number of carbonyl (C=O) groups is 1. The largest absolute Gasteiger partial charge is 0.409 e. The van der Waals surface area contributed by atoms with Crippen LogP contribution in [0.15, 0.2) is 29.4 Å². The van der Waals surface area contributed by atoms with Crippen molar-refractivity contribution in [3.8, 4) is 0 Å². The van der Waals surface area contributed by atoms with Crippen molar-refractivity contribution in [2.24, 2.45) is 16.3 Å². The van der Waals surface area contributed by atoms with Crippen molar-refractivity contribution < 1.29 is 10.0 Å². The molecule has 0 saturated carbocycles. The van der Waals surface area contributed by atoms with Crippen LogP contribution in [0.4, 0.5) is 10.5 Å². The third kappa shape index (κ3) is 3.45. The van der Waals surface area contributed by atoms with E-state index in [9.17, 15) is 4.79 Å². The smallest absolute Gasteiger partial charge is 0.321 e. The lowest BCUT2D eigenvalue weighted by Crippen LogP contribution is -2.48. The van der Waals surface area contributed by atoms with Crippen LogP contribution in [0.2, 0.25) is 0 Å². The summed E-state index contributed by atoms with van der Waals surface area (Å²) in [6, 6.07) is 7.58. The van der Waals surface area contributed by atoms with E-state index in [2.05, 4.69) is 10.5 Å². The fourth-order valence-electron chi connectivity index (χ4n) is 2.42. The highest BCUT2D eigenvalue weighted by Gasteiger charge is 2.35. The van der Waals surface area contributed by atoms with Crippen LogP contribution in [0.25, 0.3) is 0 Å². The lowest BCUT2D eigenvalue weighted by Gasteiger charge is -2.38. The summed E-state index contributed by atoms with van der Waals surface area (Å²) in [7, 11) is 0. The molecule has 0 bridgehead atoms. The Balaban J connectivity index is 1.93. The van der Waals surface area contributed by atoms with Gasteiger partial charge in [-0.3, -0.25) is 0 Å². The summed E-state index contributed by atoms with van der Waals surface area (Å²) < 4.78 is 0. The predicted molar refractivity (Wildman–Crippen MR) is 82.5 cm³/mol. The Labute approximate surface area is 124 Å². The van der Waals surface area contributed by atoms with Gasteiger partial charge in [-0.1, -0.05) is 29.8 Å². The number of piperidine rings is 1. The molecule has 6 nitrogen and oxygen atoms in total. The van der Waals surface area contributed by atoms with Crippen LogP contribution in [-0.2, 0) is 0 Å². The van der Waals surface area contributed by atoms with E-state index >= 15 is 0 Å². The van der Waals surface area contributed by atoms with Gasteiger partial charge in [0.2, 0.25) is 0 Å². The van der Waals surface area contributed by atoms with Crippen LogP contribution < -0.4 is 11.1 Å². The summed E-state index contributed by atoms with van der Waals surface area (Å²) >= 11 is 0. The molecule has 1 aliphatic heterocycles. The van der Waals surface area contributed by atoms with Crippen molar-refractivity contribution in [1.82, 2.24) is 4.90 Å². The Morgan fingerprint density at radius 2 is 1.90 bits per heavy atom. The van der Waals surface area contributed by atoms with Crippen LogP contribution in [0, 0.1) is 12.3 Å². The van der Waals surface area contributed by atoms with Gasteiger partial charge >= 0.3 is 6.03 Å². The molecule has 0 atom stereocenters. The first-order valence-electron chi connectivity index (χ1n) is 7.05. The van der Waals surface area contributed by atoms with Gasteiger partial charge in [-0.05, 0) is 31.9 Å². The normalized spacial score (nSPS) is 18.4. The summed E-state index contributed by atoms with van der Waals surface area (Å²) in [5.74, 6) is 0.237. The fraction of sp³-hybridized carbons (Fsp3) is 0.467. The third-order valence-electron chi connectivity index (χ3n) is 4.18. The number of urea groups is 1. The first kappa shape index (κ1) is 15.2. The van der Waals surface area contributed by atoms with E-state index in [1.165, 1.54) is 0 Å². The number of nitrogens with zero attached hydrogens (tertiary/aromatic N) is 2. The number of amides is 2. The molecule has 0 spiro atoms. The summed E-state index contributed by atoms with van der Waals surface area (Å²) in [4.78, 5) is 14.0. The zero-order chi connectivity index (χ0) is 15.5. The zero-order valence-electron chi connectivity index (χ0n) is 12.5. The Morgan fingerprint density at radius 3 is 2.43 bits per heavy atom. The number of amidine groups is 1. The van der Waals surface area contributed by atoms with Crippen LogP contribution in [-0.4, -0.2) is 35.1 Å². The van der Waals surface area contributed by atoms with E-state index in [4.69, 9.17) is 10.9 Å². The number of aryl methyl sites for hydroxylation is 1. The van der Waals surface area contributed by atoms with Crippen molar-refractivity contribution in [3.63, 3.8) is 0 Å². The van der Waals surface area contributed by atoms with Crippen molar-refractivity contribution in [3.05, 3.63) is 29.8 Å². The number of nitrogens with one attached hydrogen (secondary N) is 1. The molecule has 0 aromatic heterocycles. The van der Waals surface area contributed by atoms with Crippen LogP contribution in [0.5, 0.6) is 0 Å². The van der Waals surface area contributed by atoms with Crippen LogP contribution >= 0.6 is 0 Å². The third-order valence-corrected chi connectivity index (χ3v) is 4.18. The highest BCUT2D eigenvalue weighted by atomic mass is 16.4. The molecular weight excluding hydrogens is 268 g/mol. The molecule has 0 aliphatic carbocycles. The van der Waals surface area contributed by atoms with E-state index in [-0.39, 0.29) is 17.3 Å². The summed E-state index contributed by atoms with van der Waals surface area (Å²) in [5.41, 5.74) is 7.32. The SMILES string of the molecule is Cc1ccc(NC(=O)N2CCC(C)(/C(N)=N/O)CC2)cc1. The molecular formula is C15H22N4O2. The standard InChI is InChI=1S/C15H22N4O2/c1-11-3-5-12(6-4-11)17-14(20)19-9-7-15(2,8-10-19)13(16)18-21/h3-6,21H,7-10H2,1-2H3,(H2,16,18)(H,17,20). The number of nitrogens with two attached hydrogens (primary N) is 1. The van der Waals surface area contributed by atoms with Crippen molar-refractivity contribution in [1.29, 1.82) is 0 Å². The number of hydrogen-bond donors (Lipinski definition) is 3. The molecule has 1 fully saturated rings. The average molecular weight is 290 g/mol. The Bertz CT molecular complexity index is 531. The summed E-state index contributed by atoms with van der Waals surface area (Å²) in [5, 5.41) is 14.8. The highest BCUT2D eigenvalue weighted by molar-refractivity contribution is 5.90. The fourth-order valence-corrected chi connectivity index (χ4v) is 2.42. The van der Waals surface area contributed by atoms with Gasteiger partial charge in [0.15, 0.2) is 0 Å². The topological polar surface area (TPSA) is 91.0 Å². The Hall–Kier alpha value is -2.24. The molecule has 1 saturated heterocycles. The van der Waals surface area contributed by atoms with Gasteiger partial charge in [0.1, 0.15) is 5.84 Å². The second-order valence-corrected chi connectivity index (χ2v) is 5.83. The number of hydrogen-bond acceptors (Lipinski definition) is 3. The highest BCUT2D eigenvalue weighted by Crippen LogP contribution is 2.31. The van der Waals surface area contributed by atoms with Crippen molar-refractivity contribution >= 4 is 17.6 Å². The van der Waals surface area contributed by atoms with Gasteiger partial charge in [-0.25, -0.2) is 4.79 Å². The van der Waals surface area contributed by atoms with Gasteiger partial charge in [0, 0.05) is 24.2 Å². The Morgan fingerprint density at radius 1 is 1.33 bits per heavy atom. The average Bonchev–Trinajstić information content (AvgIpc) is 2.49. The molecule has 2 amide bonds. The molecule has 114 valence electrons. The summed E-state index contributed by atoms with van der Waals surface area (Å²) in [6.45, 7) is 5.14. The van der Waals surface area contributed by atoms with Crippen LogP contribution in [0.1, 0.15) is 25.3 Å². The maximum atomic E-state index is 12.2. The van der Waals surface area contributed by atoms with Gasteiger partial charge in [-0.2, -0.15) is 0 Å². The first-order valence-corrected chi connectivity index (χ1v) is 7.05. The molecule has 1 aromatic rings. The molecule has 6 heteroatoms. The van der Waals surface area contributed by atoms with Gasteiger partial charge in [0.05, 0.1) is 0 Å². The number of likely N-dealkylation sites (tertiary alicyclic amines) is 1. The lowest BCUT2D eigenvalue weighted by molar-refractivity contribution is 0.168. The molecule has 1 aromatic carbocycles. The first-order chi connectivity index (χ1) is 9.94. The minimum Gasteiger partial charge on any atom is -0.409 e. The predicted octanol–water partition coefficient (Wildman–Crippen LogP) is 2.38. The van der Waals surface area contributed by atoms with E-state index in [1.54, 1.807) is 4.90 Å². The second-order valence-electron chi connectivity index (χ2n) is 5.83. The molecule has 0 radical (unpaired) electrons. The maximum absolute atomic E-state index is 12.2. The molecule has 1 aliphatic rings. The van der Waals surface area contributed by atoms with E-state index in [0.717, 1.165) is 11.3 Å². The van der Waals surface area contributed by atoms with Crippen LogP contribution in [0.3, 0.4) is 0 Å². The molecule has 0 unspecified atom stereocenters. The second kappa shape index (κ2) is 6.03. The van der Waals surface area contributed by atoms with Gasteiger partial charge in [0.25, 0.3) is 0 Å². The lowest BCUT2D eigenvalue weighted by atomic mass is 9.79. The maximum Gasteiger partial charge on any atom is 0.321 e. The molecule has 21 heavy (non-hydrogen) atoms. The van der Waals surface area contributed by atoms with E-state index in [1.807, 2.05) is 38.1 Å². The molecule has 4 N–H and O–H groups in total. The quantitative estimate of drug-likeness (QED) is 0.338. The van der Waals surface area contributed by atoms with Crippen molar-refractivity contribution in [2.75, 3.05) is 18.4 Å².